The Morgan fingerprint density at radius 3 is 2.17 bits per heavy atom. The molecule has 0 N–H and O–H groups in total. The van der Waals surface area contributed by atoms with Gasteiger partial charge in [-0.25, -0.2) is 9.98 Å². The maximum Gasteiger partial charge on any atom is 0.263 e. The Morgan fingerprint density at radius 2 is 1.43 bits per heavy atom. The lowest BCUT2D eigenvalue weighted by Gasteiger charge is -2.12. The second-order valence-corrected chi connectivity index (χ2v) is 10.2. The SMILES string of the molecule is C=C(N=C(N=C(C)C1=CCCC=C1)c1cc2c3ccccc3c(=O)n3c4ccccc4c(c1)c23)c1ccccc1. The molecule has 0 fully saturated rings. The van der Waals surface area contributed by atoms with Crippen molar-refractivity contribution in [2.24, 2.45) is 9.98 Å². The molecule has 4 aromatic carbocycles. The lowest BCUT2D eigenvalue weighted by atomic mass is 10.0. The number of allylic oxidation sites excluding steroid dienone is 4. The van der Waals surface area contributed by atoms with Crippen LogP contribution in [0.3, 0.4) is 0 Å². The second-order valence-electron chi connectivity index (χ2n) is 10.2. The fourth-order valence-electron chi connectivity index (χ4n) is 5.75. The van der Waals surface area contributed by atoms with E-state index in [1.165, 1.54) is 0 Å². The molecule has 1 aliphatic rings. The minimum atomic E-state index is -0.00159. The number of pyridine rings is 1. The van der Waals surface area contributed by atoms with Gasteiger partial charge in [0.1, 0.15) is 0 Å². The van der Waals surface area contributed by atoms with Gasteiger partial charge in [-0.3, -0.25) is 9.20 Å². The fraction of sp³-hybridized carbons (Fsp3) is 0.0833. The smallest absolute Gasteiger partial charge is 0.263 e. The molecule has 6 aromatic rings. The number of benzene rings is 4. The van der Waals surface area contributed by atoms with Crippen LogP contribution in [0.25, 0.3) is 43.7 Å². The van der Waals surface area contributed by atoms with E-state index in [4.69, 9.17) is 9.98 Å². The van der Waals surface area contributed by atoms with Crippen LogP contribution in [0.5, 0.6) is 0 Å². The summed E-state index contributed by atoms with van der Waals surface area (Å²) < 4.78 is 1.86. The molecule has 2 heterocycles. The van der Waals surface area contributed by atoms with Crippen molar-refractivity contribution in [1.29, 1.82) is 0 Å². The highest BCUT2D eigenvalue weighted by atomic mass is 16.1. The normalized spacial score (nSPS) is 14.5. The van der Waals surface area contributed by atoms with Crippen LogP contribution in [0, 0.1) is 0 Å². The van der Waals surface area contributed by atoms with Gasteiger partial charge in [0.15, 0.2) is 5.84 Å². The maximum absolute atomic E-state index is 13.7. The Bertz CT molecular complexity index is 2140. The van der Waals surface area contributed by atoms with E-state index >= 15 is 0 Å². The standard InChI is InChI=1S/C36H27N3O/c1-23(25-13-5-3-6-14-25)37-35(38-24(2)26-15-7-4-8-16-26)27-21-31-28-17-9-10-19-30(28)36(40)39-33-20-12-11-18-29(33)32(22-27)34(31)39/h3,5-7,9-22H,1,4,8H2,2H3. The first-order valence-electron chi connectivity index (χ1n) is 13.6. The summed E-state index contributed by atoms with van der Waals surface area (Å²) in [4.78, 5) is 23.8. The highest BCUT2D eigenvalue weighted by Gasteiger charge is 2.19. The van der Waals surface area contributed by atoms with Gasteiger partial charge in [-0.2, -0.15) is 0 Å². The van der Waals surface area contributed by atoms with Gasteiger partial charge in [-0.05, 0) is 60.6 Å². The van der Waals surface area contributed by atoms with Gasteiger partial charge in [0.2, 0.25) is 0 Å². The van der Waals surface area contributed by atoms with E-state index in [0.717, 1.165) is 67.8 Å². The molecular weight excluding hydrogens is 490 g/mol. The van der Waals surface area contributed by atoms with Gasteiger partial charge in [-0.1, -0.05) is 91.5 Å². The molecule has 192 valence electrons. The molecule has 0 aliphatic heterocycles. The van der Waals surface area contributed by atoms with Gasteiger partial charge in [0, 0.05) is 32.8 Å². The summed E-state index contributed by atoms with van der Waals surface area (Å²) in [5.41, 5.74) is 6.31. The molecule has 0 unspecified atom stereocenters. The first kappa shape index (κ1) is 24.0. The molecule has 4 nitrogen and oxygen atoms in total. The van der Waals surface area contributed by atoms with E-state index in [1.807, 2.05) is 84.1 Å². The lowest BCUT2D eigenvalue weighted by molar-refractivity contribution is 1.03. The van der Waals surface area contributed by atoms with Crippen molar-refractivity contribution in [3.05, 3.63) is 143 Å². The number of hydrogen-bond donors (Lipinski definition) is 0. The molecule has 0 saturated heterocycles. The average molecular weight is 518 g/mol. The van der Waals surface area contributed by atoms with Crippen LogP contribution in [-0.4, -0.2) is 15.9 Å². The second kappa shape index (κ2) is 9.58. The van der Waals surface area contributed by atoms with Crippen molar-refractivity contribution in [3.8, 4) is 0 Å². The average Bonchev–Trinajstić information content (AvgIpc) is 3.35. The molecule has 4 heteroatoms. The summed E-state index contributed by atoms with van der Waals surface area (Å²) >= 11 is 0. The molecule has 7 rings (SSSR count). The minimum Gasteiger partial charge on any atom is -0.275 e. The minimum absolute atomic E-state index is 0.00159. The molecule has 0 saturated carbocycles. The van der Waals surface area contributed by atoms with Gasteiger partial charge < -0.3 is 0 Å². The largest absolute Gasteiger partial charge is 0.275 e. The van der Waals surface area contributed by atoms with Gasteiger partial charge in [0.05, 0.1) is 16.7 Å². The van der Waals surface area contributed by atoms with Crippen LogP contribution >= 0.6 is 0 Å². The van der Waals surface area contributed by atoms with Crippen molar-refractivity contribution in [2.45, 2.75) is 19.8 Å². The number of aliphatic imine (C=N–C) groups is 2. The third kappa shape index (κ3) is 3.88. The van der Waals surface area contributed by atoms with Crippen LogP contribution in [0.1, 0.15) is 30.9 Å². The predicted octanol–water partition coefficient (Wildman–Crippen LogP) is 8.35. The Hall–Kier alpha value is -5.09. The van der Waals surface area contributed by atoms with E-state index in [1.54, 1.807) is 0 Å². The molecule has 0 bridgehead atoms. The van der Waals surface area contributed by atoms with Gasteiger partial charge in [-0.15, -0.1) is 0 Å². The van der Waals surface area contributed by atoms with Crippen LogP contribution in [0.4, 0.5) is 0 Å². The zero-order valence-electron chi connectivity index (χ0n) is 22.3. The monoisotopic (exact) mass is 517 g/mol. The molecule has 1 aliphatic carbocycles. The molecule has 0 spiro atoms. The highest BCUT2D eigenvalue weighted by molar-refractivity contribution is 6.23. The molecule has 0 radical (unpaired) electrons. The molecule has 40 heavy (non-hydrogen) atoms. The number of hydrogen-bond acceptors (Lipinski definition) is 2. The van der Waals surface area contributed by atoms with E-state index in [9.17, 15) is 4.79 Å². The lowest BCUT2D eigenvalue weighted by Crippen LogP contribution is -2.13. The number of nitrogens with zero attached hydrogens (tertiary/aromatic N) is 3. The molecule has 0 amide bonds. The summed E-state index contributed by atoms with van der Waals surface area (Å²) in [5.74, 6) is 0.593. The molecular formula is C36H27N3O. The number of rotatable bonds is 4. The number of amidine groups is 1. The third-order valence-corrected chi connectivity index (χ3v) is 7.71. The Kier molecular flexibility index (Phi) is 5.75. The Labute approximate surface area is 232 Å². The molecule has 2 aromatic heterocycles. The highest BCUT2D eigenvalue weighted by Crippen LogP contribution is 2.35. The van der Waals surface area contributed by atoms with Crippen molar-refractivity contribution >= 4 is 55.2 Å². The third-order valence-electron chi connectivity index (χ3n) is 7.71. The zero-order valence-corrected chi connectivity index (χ0v) is 22.3. The summed E-state index contributed by atoms with van der Waals surface area (Å²) in [6.07, 6.45) is 8.60. The van der Waals surface area contributed by atoms with E-state index in [2.05, 4.69) is 43.0 Å². The van der Waals surface area contributed by atoms with Crippen LogP contribution < -0.4 is 5.56 Å². The maximum atomic E-state index is 13.7. The van der Waals surface area contributed by atoms with E-state index in [0.29, 0.717) is 16.9 Å². The van der Waals surface area contributed by atoms with Crippen molar-refractivity contribution in [1.82, 2.24) is 4.40 Å². The predicted molar refractivity (Wildman–Crippen MR) is 169 cm³/mol. The Morgan fingerprint density at radius 1 is 0.750 bits per heavy atom. The Balaban J connectivity index is 1.56. The van der Waals surface area contributed by atoms with Crippen LogP contribution in [-0.2, 0) is 0 Å². The van der Waals surface area contributed by atoms with Crippen molar-refractivity contribution in [2.75, 3.05) is 0 Å². The fourth-order valence-corrected chi connectivity index (χ4v) is 5.75. The summed E-state index contributed by atoms with van der Waals surface area (Å²) in [5, 5.41) is 4.66. The number of fused-ring (bicyclic) bond motifs is 5. The van der Waals surface area contributed by atoms with Gasteiger partial charge in [0.25, 0.3) is 5.56 Å². The summed E-state index contributed by atoms with van der Waals surface area (Å²) in [6, 6.07) is 30.2. The quantitative estimate of drug-likeness (QED) is 0.132. The zero-order chi connectivity index (χ0) is 27.2. The van der Waals surface area contributed by atoms with Crippen LogP contribution in [0.2, 0.25) is 0 Å². The first-order chi connectivity index (χ1) is 19.6. The van der Waals surface area contributed by atoms with Crippen LogP contribution in [0.15, 0.2) is 136 Å². The van der Waals surface area contributed by atoms with E-state index in [-0.39, 0.29) is 5.56 Å². The summed E-state index contributed by atoms with van der Waals surface area (Å²) in [6.45, 7) is 6.32. The number of para-hydroxylation sites is 1. The number of aromatic nitrogens is 1. The topological polar surface area (TPSA) is 46.2 Å². The molecule has 0 atom stereocenters. The van der Waals surface area contributed by atoms with E-state index < -0.39 is 0 Å². The summed E-state index contributed by atoms with van der Waals surface area (Å²) in [7, 11) is 0. The van der Waals surface area contributed by atoms with Crippen molar-refractivity contribution in [3.63, 3.8) is 0 Å². The first-order valence-corrected chi connectivity index (χ1v) is 13.6. The van der Waals surface area contributed by atoms with Crippen molar-refractivity contribution < 1.29 is 0 Å². The van der Waals surface area contributed by atoms with Gasteiger partial charge >= 0.3 is 0 Å².